The Bertz CT molecular complexity index is 487. The number of carbonyl (C=O) groups is 2. The van der Waals surface area contributed by atoms with Crippen molar-refractivity contribution >= 4 is 11.9 Å². The Morgan fingerprint density at radius 1 is 1.00 bits per heavy atom. The van der Waals surface area contributed by atoms with E-state index in [4.69, 9.17) is 14.2 Å². The van der Waals surface area contributed by atoms with Crippen LogP contribution in [0.3, 0.4) is 0 Å². The van der Waals surface area contributed by atoms with E-state index in [1.54, 1.807) is 0 Å². The van der Waals surface area contributed by atoms with E-state index in [1.165, 1.54) is 32.1 Å². The Morgan fingerprint density at radius 2 is 1.62 bits per heavy atom. The van der Waals surface area contributed by atoms with Gasteiger partial charge < -0.3 is 14.2 Å². The third kappa shape index (κ3) is 3.92. The van der Waals surface area contributed by atoms with Crippen LogP contribution in [0, 0.1) is 29.6 Å². The van der Waals surface area contributed by atoms with Crippen LogP contribution in [0.5, 0.6) is 0 Å². The van der Waals surface area contributed by atoms with E-state index in [0.29, 0.717) is 11.8 Å². The van der Waals surface area contributed by atoms with Crippen molar-refractivity contribution in [3.05, 3.63) is 0 Å². The summed E-state index contributed by atoms with van der Waals surface area (Å²) in [6.07, 6.45) is 7.94. The Balaban J connectivity index is 1.42. The second-order valence-corrected chi connectivity index (χ2v) is 8.62. The molecular weight excluding hydrogens is 332 g/mol. The standard InChI is InChI=1S/C21H34O5/c1-4-14(3)20(23)25-7-6-24-13-19(22)26-21(5-2)17-9-15-8-16(11-17)12-18(21)10-15/h14-18H,4-13H2,1-3H3. The van der Waals surface area contributed by atoms with Gasteiger partial charge in [0, 0.05) is 0 Å². The van der Waals surface area contributed by atoms with Crippen molar-refractivity contribution in [3.63, 3.8) is 0 Å². The number of carbonyl (C=O) groups excluding carboxylic acids is 2. The molecule has 0 aliphatic heterocycles. The minimum atomic E-state index is -0.271. The molecule has 5 heteroatoms. The number of hydrogen-bond acceptors (Lipinski definition) is 5. The van der Waals surface area contributed by atoms with Crippen LogP contribution in [-0.4, -0.2) is 37.4 Å². The molecule has 0 aromatic rings. The van der Waals surface area contributed by atoms with Crippen molar-refractivity contribution in [1.82, 2.24) is 0 Å². The third-order valence-electron chi connectivity index (χ3n) is 7.08. The Labute approximate surface area is 157 Å². The molecule has 0 heterocycles. The minimum absolute atomic E-state index is 0.0606. The van der Waals surface area contributed by atoms with Gasteiger partial charge in [0.15, 0.2) is 0 Å². The zero-order valence-electron chi connectivity index (χ0n) is 16.5. The summed E-state index contributed by atoms with van der Waals surface area (Å²) >= 11 is 0. The second-order valence-electron chi connectivity index (χ2n) is 8.62. The molecule has 1 unspecified atom stereocenters. The molecule has 0 amide bonds. The van der Waals surface area contributed by atoms with Crippen molar-refractivity contribution in [3.8, 4) is 0 Å². The van der Waals surface area contributed by atoms with E-state index in [1.807, 2.05) is 13.8 Å². The van der Waals surface area contributed by atoms with Crippen LogP contribution in [-0.2, 0) is 23.8 Å². The molecule has 26 heavy (non-hydrogen) atoms. The van der Waals surface area contributed by atoms with Gasteiger partial charge in [-0.2, -0.15) is 0 Å². The third-order valence-corrected chi connectivity index (χ3v) is 7.08. The first-order valence-electron chi connectivity index (χ1n) is 10.4. The quantitative estimate of drug-likeness (QED) is 0.459. The van der Waals surface area contributed by atoms with Crippen LogP contribution >= 0.6 is 0 Å². The van der Waals surface area contributed by atoms with Gasteiger partial charge in [-0.3, -0.25) is 4.79 Å². The second kappa shape index (κ2) is 8.28. The first-order chi connectivity index (χ1) is 12.5. The molecule has 0 N–H and O–H groups in total. The van der Waals surface area contributed by atoms with Crippen LogP contribution in [0.25, 0.3) is 0 Å². The number of hydrogen-bond donors (Lipinski definition) is 0. The van der Waals surface area contributed by atoms with Crippen LogP contribution in [0.15, 0.2) is 0 Å². The molecular formula is C21H34O5. The zero-order valence-corrected chi connectivity index (χ0v) is 16.5. The summed E-state index contributed by atoms with van der Waals surface area (Å²) in [7, 11) is 0. The fourth-order valence-corrected chi connectivity index (χ4v) is 5.71. The van der Waals surface area contributed by atoms with Crippen molar-refractivity contribution < 1.29 is 23.8 Å². The highest BCUT2D eigenvalue weighted by molar-refractivity contribution is 5.72. The molecule has 4 aliphatic rings. The molecule has 4 rings (SSSR count). The van der Waals surface area contributed by atoms with E-state index in [9.17, 15) is 9.59 Å². The molecule has 148 valence electrons. The van der Waals surface area contributed by atoms with Crippen LogP contribution in [0.4, 0.5) is 0 Å². The van der Waals surface area contributed by atoms with Crippen molar-refractivity contribution in [2.45, 2.75) is 71.3 Å². The average Bonchev–Trinajstić information content (AvgIpc) is 2.63. The lowest BCUT2D eigenvalue weighted by molar-refractivity contribution is -0.214. The Morgan fingerprint density at radius 3 is 2.15 bits per heavy atom. The molecule has 0 radical (unpaired) electrons. The smallest absolute Gasteiger partial charge is 0.332 e. The predicted molar refractivity (Wildman–Crippen MR) is 97.4 cm³/mol. The molecule has 5 nitrogen and oxygen atoms in total. The first-order valence-corrected chi connectivity index (χ1v) is 10.4. The van der Waals surface area contributed by atoms with Gasteiger partial charge in [-0.25, -0.2) is 4.79 Å². The van der Waals surface area contributed by atoms with Gasteiger partial charge in [0.05, 0.1) is 12.5 Å². The lowest BCUT2D eigenvalue weighted by Gasteiger charge is -2.60. The van der Waals surface area contributed by atoms with Gasteiger partial charge in [-0.05, 0) is 68.6 Å². The van der Waals surface area contributed by atoms with Crippen molar-refractivity contribution in [1.29, 1.82) is 0 Å². The molecule has 4 aliphatic carbocycles. The molecule has 0 aromatic heterocycles. The number of ether oxygens (including phenoxy) is 3. The molecule has 4 saturated carbocycles. The number of esters is 2. The summed E-state index contributed by atoms with van der Waals surface area (Å²) in [5.74, 6) is 2.19. The van der Waals surface area contributed by atoms with Gasteiger partial charge >= 0.3 is 11.9 Å². The van der Waals surface area contributed by atoms with Crippen LogP contribution < -0.4 is 0 Å². The predicted octanol–water partition coefficient (Wildman–Crippen LogP) is 3.74. The highest BCUT2D eigenvalue weighted by atomic mass is 16.6. The van der Waals surface area contributed by atoms with Gasteiger partial charge in [0.25, 0.3) is 0 Å². The Hall–Kier alpha value is -1.10. The molecule has 1 atom stereocenters. The molecule has 0 saturated heterocycles. The zero-order chi connectivity index (χ0) is 18.7. The lowest BCUT2D eigenvalue weighted by Crippen LogP contribution is -2.59. The van der Waals surface area contributed by atoms with Gasteiger partial charge in [-0.1, -0.05) is 20.8 Å². The van der Waals surface area contributed by atoms with Crippen molar-refractivity contribution in [2.24, 2.45) is 29.6 Å². The summed E-state index contributed by atoms with van der Waals surface area (Å²) in [5.41, 5.74) is -0.267. The monoisotopic (exact) mass is 366 g/mol. The summed E-state index contributed by atoms with van der Waals surface area (Å²) < 4.78 is 16.6. The normalized spacial score (nSPS) is 36.0. The summed E-state index contributed by atoms with van der Waals surface area (Å²) in [6, 6.07) is 0. The SMILES string of the molecule is CCC(C)C(=O)OCCOCC(=O)OC1(CC)C2CC3CC(C2)CC1C3. The lowest BCUT2D eigenvalue weighted by atomic mass is 9.49. The Kier molecular flexibility index (Phi) is 6.26. The van der Waals surface area contributed by atoms with Gasteiger partial charge in [0.1, 0.15) is 18.8 Å². The summed E-state index contributed by atoms with van der Waals surface area (Å²) in [6.45, 7) is 6.30. The topological polar surface area (TPSA) is 61.8 Å². The largest absolute Gasteiger partial charge is 0.463 e. The van der Waals surface area contributed by atoms with Gasteiger partial charge in [-0.15, -0.1) is 0 Å². The van der Waals surface area contributed by atoms with E-state index < -0.39 is 0 Å². The fraction of sp³-hybridized carbons (Fsp3) is 0.905. The van der Waals surface area contributed by atoms with E-state index in [0.717, 1.165) is 24.7 Å². The van der Waals surface area contributed by atoms with Crippen LogP contribution in [0.2, 0.25) is 0 Å². The van der Waals surface area contributed by atoms with Crippen molar-refractivity contribution in [2.75, 3.05) is 19.8 Å². The van der Waals surface area contributed by atoms with Crippen LogP contribution in [0.1, 0.15) is 65.7 Å². The minimum Gasteiger partial charge on any atom is -0.463 e. The highest BCUT2D eigenvalue weighted by Crippen LogP contribution is 2.60. The molecule has 4 bridgehead atoms. The fourth-order valence-electron chi connectivity index (χ4n) is 5.71. The van der Waals surface area contributed by atoms with Gasteiger partial charge in [0.2, 0.25) is 0 Å². The average molecular weight is 366 g/mol. The maximum Gasteiger partial charge on any atom is 0.332 e. The number of rotatable bonds is 9. The highest BCUT2D eigenvalue weighted by Gasteiger charge is 2.58. The van der Waals surface area contributed by atoms with E-state index in [2.05, 4.69) is 6.92 Å². The van der Waals surface area contributed by atoms with E-state index in [-0.39, 0.29) is 43.3 Å². The molecule has 0 spiro atoms. The molecule has 0 aromatic carbocycles. The maximum absolute atomic E-state index is 12.4. The summed E-state index contributed by atoms with van der Waals surface area (Å²) in [4.78, 5) is 24.0. The van der Waals surface area contributed by atoms with E-state index >= 15 is 0 Å². The maximum atomic E-state index is 12.4. The summed E-state index contributed by atoms with van der Waals surface area (Å²) in [5, 5.41) is 0. The molecule has 4 fully saturated rings. The first kappa shape index (κ1) is 19.7.